The summed E-state index contributed by atoms with van der Waals surface area (Å²) in [5.74, 6) is 0.348. The second kappa shape index (κ2) is 5.79. The second-order valence-electron chi connectivity index (χ2n) is 3.88. The number of methoxy groups -OCH3 is 1. The molecular formula is C12H14N2O3S. The summed E-state index contributed by atoms with van der Waals surface area (Å²) in [6.07, 6.45) is 0. The summed E-state index contributed by atoms with van der Waals surface area (Å²) in [4.78, 5) is 12.8. The second-order valence-corrected chi connectivity index (χ2v) is 4.83. The Kier molecular flexibility index (Phi) is 4.11. The molecular weight excluding hydrogens is 252 g/mol. The number of carbonyl (C=O) groups excluding carboxylic acids is 1. The highest BCUT2D eigenvalue weighted by Crippen LogP contribution is 2.24. The standard InChI is InChI=1S/C12H14N2O3S/c1-8(7-16-2)13-12(15)9-6-10(17-14-9)11-4-3-5-18-11/h3-6,8H,7H2,1-2H3,(H,13,15)/t8-/m0/s1. The van der Waals surface area contributed by atoms with Gasteiger partial charge in [-0.15, -0.1) is 11.3 Å². The van der Waals surface area contributed by atoms with Crippen LogP contribution >= 0.6 is 11.3 Å². The lowest BCUT2D eigenvalue weighted by Crippen LogP contribution is -2.35. The Labute approximate surface area is 109 Å². The monoisotopic (exact) mass is 266 g/mol. The zero-order chi connectivity index (χ0) is 13.0. The Morgan fingerprint density at radius 2 is 2.50 bits per heavy atom. The molecule has 0 aliphatic carbocycles. The van der Waals surface area contributed by atoms with E-state index in [1.165, 1.54) is 11.3 Å². The van der Waals surface area contributed by atoms with Crippen molar-refractivity contribution in [2.75, 3.05) is 13.7 Å². The molecule has 0 bridgehead atoms. The van der Waals surface area contributed by atoms with E-state index in [1.807, 2.05) is 24.4 Å². The van der Waals surface area contributed by atoms with E-state index in [4.69, 9.17) is 9.26 Å². The van der Waals surface area contributed by atoms with Crippen LogP contribution in [0, 0.1) is 0 Å². The topological polar surface area (TPSA) is 64.4 Å². The van der Waals surface area contributed by atoms with Crippen molar-refractivity contribution in [2.24, 2.45) is 0 Å². The molecule has 18 heavy (non-hydrogen) atoms. The van der Waals surface area contributed by atoms with Gasteiger partial charge in [0.15, 0.2) is 11.5 Å². The van der Waals surface area contributed by atoms with Gasteiger partial charge < -0.3 is 14.6 Å². The van der Waals surface area contributed by atoms with Crippen LogP contribution in [0.5, 0.6) is 0 Å². The summed E-state index contributed by atoms with van der Waals surface area (Å²) in [6, 6.07) is 5.41. The van der Waals surface area contributed by atoms with E-state index in [2.05, 4.69) is 10.5 Å². The molecule has 0 saturated carbocycles. The van der Waals surface area contributed by atoms with E-state index >= 15 is 0 Å². The van der Waals surface area contributed by atoms with Gasteiger partial charge in [-0.3, -0.25) is 4.79 Å². The van der Waals surface area contributed by atoms with E-state index in [0.717, 1.165) is 4.88 Å². The zero-order valence-electron chi connectivity index (χ0n) is 10.2. The van der Waals surface area contributed by atoms with Crippen molar-refractivity contribution in [3.8, 4) is 10.6 Å². The average Bonchev–Trinajstić information content (AvgIpc) is 3.00. The molecule has 0 fully saturated rings. The summed E-state index contributed by atoms with van der Waals surface area (Å²) in [5.41, 5.74) is 0.279. The van der Waals surface area contributed by atoms with E-state index in [-0.39, 0.29) is 17.6 Å². The molecule has 0 aliphatic rings. The lowest BCUT2D eigenvalue weighted by molar-refractivity contribution is 0.0896. The van der Waals surface area contributed by atoms with Crippen LogP contribution in [0.4, 0.5) is 0 Å². The van der Waals surface area contributed by atoms with Gasteiger partial charge in [0.2, 0.25) is 0 Å². The zero-order valence-corrected chi connectivity index (χ0v) is 11.0. The molecule has 2 aromatic heterocycles. The van der Waals surface area contributed by atoms with Crippen molar-refractivity contribution in [1.29, 1.82) is 0 Å². The summed E-state index contributed by atoms with van der Waals surface area (Å²) in [6.45, 7) is 2.32. The molecule has 0 unspecified atom stereocenters. The highest BCUT2D eigenvalue weighted by atomic mass is 32.1. The van der Waals surface area contributed by atoms with Crippen molar-refractivity contribution < 1.29 is 14.1 Å². The first-order valence-electron chi connectivity index (χ1n) is 5.51. The third-order valence-electron chi connectivity index (χ3n) is 2.30. The van der Waals surface area contributed by atoms with Crippen molar-refractivity contribution in [2.45, 2.75) is 13.0 Å². The molecule has 2 heterocycles. The Morgan fingerprint density at radius 3 is 3.17 bits per heavy atom. The van der Waals surface area contributed by atoms with Crippen LogP contribution in [0.25, 0.3) is 10.6 Å². The predicted molar refractivity (Wildman–Crippen MR) is 68.6 cm³/mol. The number of rotatable bonds is 5. The highest BCUT2D eigenvalue weighted by molar-refractivity contribution is 7.13. The van der Waals surface area contributed by atoms with Crippen LogP contribution in [-0.2, 0) is 4.74 Å². The first-order chi connectivity index (χ1) is 8.70. The first kappa shape index (κ1) is 12.8. The molecule has 5 nitrogen and oxygen atoms in total. The minimum Gasteiger partial charge on any atom is -0.383 e. The Bertz CT molecular complexity index is 507. The van der Waals surface area contributed by atoms with Gasteiger partial charge in [-0.1, -0.05) is 11.2 Å². The fourth-order valence-electron chi connectivity index (χ4n) is 1.51. The maximum absolute atomic E-state index is 11.8. The van der Waals surface area contributed by atoms with Crippen LogP contribution < -0.4 is 5.32 Å². The molecule has 2 aromatic rings. The minimum absolute atomic E-state index is 0.0654. The quantitative estimate of drug-likeness (QED) is 0.900. The lowest BCUT2D eigenvalue weighted by Gasteiger charge is -2.10. The Balaban J connectivity index is 2.04. The Morgan fingerprint density at radius 1 is 1.67 bits per heavy atom. The fraction of sp³-hybridized carbons (Fsp3) is 0.333. The maximum atomic E-state index is 11.8. The van der Waals surface area contributed by atoms with Crippen molar-refractivity contribution >= 4 is 17.2 Å². The van der Waals surface area contributed by atoms with Gasteiger partial charge in [0.05, 0.1) is 11.5 Å². The van der Waals surface area contributed by atoms with Crippen LogP contribution in [0.3, 0.4) is 0 Å². The van der Waals surface area contributed by atoms with E-state index < -0.39 is 0 Å². The maximum Gasteiger partial charge on any atom is 0.273 e. The van der Waals surface area contributed by atoms with Gasteiger partial charge in [-0.25, -0.2) is 0 Å². The number of aromatic nitrogens is 1. The smallest absolute Gasteiger partial charge is 0.273 e. The Hall–Kier alpha value is -1.66. The van der Waals surface area contributed by atoms with Gasteiger partial charge in [-0.2, -0.15) is 0 Å². The molecule has 1 N–H and O–H groups in total. The van der Waals surface area contributed by atoms with Gasteiger partial charge in [0.1, 0.15) is 0 Å². The molecule has 1 amide bonds. The van der Waals surface area contributed by atoms with E-state index in [0.29, 0.717) is 12.4 Å². The largest absolute Gasteiger partial charge is 0.383 e. The molecule has 0 radical (unpaired) electrons. The van der Waals surface area contributed by atoms with Gasteiger partial charge in [0.25, 0.3) is 5.91 Å². The number of nitrogens with one attached hydrogen (secondary N) is 1. The molecule has 0 saturated heterocycles. The summed E-state index contributed by atoms with van der Waals surface area (Å²) in [5, 5.41) is 8.48. The predicted octanol–water partition coefficient (Wildman–Crippen LogP) is 2.17. The lowest BCUT2D eigenvalue weighted by atomic mass is 10.3. The minimum atomic E-state index is -0.258. The number of thiophene rings is 1. The SMILES string of the molecule is COC[C@H](C)NC(=O)c1cc(-c2cccs2)on1. The first-order valence-corrected chi connectivity index (χ1v) is 6.39. The highest BCUT2D eigenvalue weighted by Gasteiger charge is 2.15. The number of hydrogen-bond donors (Lipinski definition) is 1. The summed E-state index contributed by atoms with van der Waals surface area (Å²) in [7, 11) is 1.59. The van der Waals surface area contributed by atoms with Gasteiger partial charge in [0, 0.05) is 19.2 Å². The van der Waals surface area contributed by atoms with E-state index in [1.54, 1.807) is 13.2 Å². The molecule has 1 atom stereocenters. The normalized spacial score (nSPS) is 12.3. The molecule has 0 aromatic carbocycles. The summed E-state index contributed by atoms with van der Waals surface area (Å²) < 4.78 is 10.1. The molecule has 6 heteroatoms. The van der Waals surface area contributed by atoms with Crippen LogP contribution in [0.1, 0.15) is 17.4 Å². The number of nitrogens with zero attached hydrogens (tertiary/aromatic N) is 1. The van der Waals surface area contributed by atoms with Gasteiger partial charge in [-0.05, 0) is 18.4 Å². The van der Waals surface area contributed by atoms with Crippen LogP contribution in [-0.4, -0.2) is 30.8 Å². The van der Waals surface area contributed by atoms with Crippen LogP contribution in [0.15, 0.2) is 28.1 Å². The van der Waals surface area contributed by atoms with Crippen molar-refractivity contribution in [3.63, 3.8) is 0 Å². The van der Waals surface area contributed by atoms with Gasteiger partial charge >= 0.3 is 0 Å². The van der Waals surface area contributed by atoms with Crippen molar-refractivity contribution in [3.05, 3.63) is 29.3 Å². The third-order valence-corrected chi connectivity index (χ3v) is 3.19. The number of ether oxygens (including phenoxy) is 1. The molecule has 0 aliphatic heterocycles. The number of amides is 1. The fourth-order valence-corrected chi connectivity index (χ4v) is 2.18. The molecule has 2 rings (SSSR count). The average molecular weight is 266 g/mol. The summed E-state index contributed by atoms with van der Waals surface area (Å²) >= 11 is 1.54. The van der Waals surface area contributed by atoms with E-state index in [9.17, 15) is 4.79 Å². The number of carbonyl (C=O) groups is 1. The molecule has 96 valence electrons. The van der Waals surface area contributed by atoms with Crippen molar-refractivity contribution in [1.82, 2.24) is 10.5 Å². The van der Waals surface area contributed by atoms with Crippen LogP contribution in [0.2, 0.25) is 0 Å². The molecule has 0 spiro atoms. The number of hydrogen-bond acceptors (Lipinski definition) is 5. The third kappa shape index (κ3) is 2.96.